The van der Waals surface area contributed by atoms with Crippen molar-refractivity contribution in [2.24, 2.45) is 0 Å². The van der Waals surface area contributed by atoms with E-state index in [1.54, 1.807) is 6.07 Å². The molecule has 2 aromatic rings. The van der Waals surface area contributed by atoms with Gasteiger partial charge >= 0.3 is 0 Å². The van der Waals surface area contributed by atoms with E-state index in [2.05, 4.69) is 20.5 Å². The minimum atomic E-state index is -0.254. The fourth-order valence-electron chi connectivity index (χ4n) is 2.73. The van der Waals surface area contributed by atoms with E-state index >= 15 is 0 Å². The Labute approximate surface area is 150 Å². The molecule has 1 aromatic heterocycles. The van der Waals surface area contributed by atoms with Gasteiger partial charge in [0.15, 0.2) is 5.13 Å². The van der Waals surface area contributed by atoms with Crippen molar-refractivity contribution in [1.29, 1.82) is 0 Å². The largest absolute Gasteiger partial charge is 0.314 e. The van der Waals surface area contributed by atoms with Crippen LogP contribution in [0.5, 0.6) is 0 Å². The molecule has 3 rings (SSSR count). The van der Waals surface area contributed by atoms with Crippen molar-refractivity contribution in [3.05, 3.63) is 46.7 Å². The lowest BCUT2D eigenvalue weighted by Gasteiger charge is -2.35. The van der Waals surface area contributed by atoms with E-state index in [9.17, 15) is 9.18 Å². The number of carbonyl (C=O) groups excluding carboxylic acids is 1. The van der Waals surface area contributed by atoms with E-state index in [4.69, 9.17) is 0 Å². The number of hydrogen-bond donors (Lipinski definition) is 2. The molecule has 1 aliphatic rings. The summed E-state index contributed by atoms with van der Waals surface area (Å²) in [7, 11) is 0. The second-order valence-corrected chi connectivity index (χ2v) is 6.45. The normalized spacial score (nSPS) is 18.0. The van der Waals surface area contributed by atoms with Gasteiger partial charge < -0.3 is 10.6 Å². The summed E-state index contributed by atoms with van der Waals surface area (Å²) in [5, 5.41) is 8.64. The number of piperazine rings is 1. The lowest BCUT2D eigenvalue weighted by atomic mass is 10.0. The maximum absolute atomic E-state index is 13.5. The van der Waals surface area contributed by atoms with Crippen LogP contribution in [0, 0.1) is 12.7 Å². The first-order valence-electron chi connectivity index (χ1n) is 7.54. The Hall–Kier alpha value is -1.54. The standard InChI is InChI=1S/C16H19FN4OS.ClH/c1-11-10-23-16(19-11)20-15(22)9-21-6-5-18-8-14(21)12-3-2-4-13(17)7-12;/h2-4,7,10,14,18H,5-6,8-9H2,1H3,(H,19,20,22);1H. The summed E-state index contributed by atoms with van der Waals surface area (Å²) in [6.45, 7) is 4.41. The number of nitrogens with one attached hydrogen (secondary N) is 2. The van der Waals surface area contributed by atoms with Gasteiger partial charge in [0.2, 0.25) is 5.91 Å². The van der Waals surface area contributed by atoms with Gasteiger partial charge in [-0.25, -0.2) is 9.37 Å². The van der Waals surface area contributed by atoms with Crippen molar-refractivity contribution >= 4 is 34.8 Å². The second-order valence-electron chi connectivity index (χ2n) is 5.59. The molecule has 1 fully saturated rings. The van der Waals surface area contributed by atoms with E-state index in [0.717, 1.165) is 24.3 Å². The highest BCUT2D eigenvalue weighted by Crippen LogP contribution is 2.23. The molecule has 2 N–H and O–H groups in total. The third kappa shape index (κ3) is 4.73. The van der Waals surface area contributed by atoms with E-state index in [-0.39, 0.29) is 36.7 Å². The van der Waals surface area contributed by atoms with Crippen molar-refractivity contribution in [3.8, 4) is 0 Å². The summed E-state index contributed by atoms with van der Waals surface area (Å²) >= 11 is 1.42. The van der Waals surface area contributed by atoms with E-state index in [0.29, 0.717) is 11.7 Å². The quantitative estimate of drug-likeness (QED) is 0.868. The van der Waals surface area contributed by atoms with Crippen molar-refractivity contribution in [3.63, 3.8) is 0 Å². The number of benzene rings is 1. The molecule has 130 valence electrons. The SMILES string of the molecule is Cc1csc(NC(=O)CN2CCNCC2c2cccc(F)c2)n1.Cl. The average molecular weight is 371 g/mol. The van der Waals surface area contributed by atoms with Gasteiger partial charge in [0.1, 0.15) is 5.82 Å². The number of aryl methyl sites for hydroxylation is 1. The Morgan fingerprint density at radius 1 is 1.54 bits per heavy atom. The maximum Gasteiger partial charge on any atom is 0.240 e. The zero-order valence-electron chi connectivity index (χ0n) is 13.3. The minimum absolute atomic E-state index is 0. The van der Waals surface area contributed by atoms with Gasteiger partial charge in [-0.05, 0) is 24.6 Å². The van der Waals surface area contributed by atoms with Gasteiger partial charge in [0.05, 0.1) is 12.2 Å². The number of nitrogens with zero attached hydrogens (tertiary/aromatic N) is 2. The summed E-state index contributed by atoms with van der Waals surface area (Å²) in [5.41, 5.74) is 1.78. The number of carbonyl (C=O) groups is 1. The lowest BCUT2D eigenvalue weighted by Crippen LogP contribution is -2.48. The number of thiazole rings is 1. The predicted molar refractivity (Wildman–Crippen MR) is 96.3 cm³/mol. The molecule has 1 unspecified atom stereocenters. The summed E-state index contributed by atoms with van der Waals surface area (Å²) in [5.74, 6) is -0.349. The summed E-state index contributed by atoms with van der Waals surface area (Å²) < 4.78 is 13.5. The molecule has 1 atom stereocenters. The fraction of sp³-hybridized carbons (Fsp3) is 0.375. The zero-order valence-corrected chi connectivity index (χ0v) is 14.9. The van der Waals surface area contributed by atoms with Crippen LogP contribution in [0.2, 0.25) is 0 Å². The van der Waals surface area contributed by atoms with Gasteiger partial charge in [-0.1, -0.05) is 12.1 Å². The van der Waals surface area contributed by atoms with Gasteiger partial charge in [-0.2, -0.15) is 0 Å². The number of anilines is 1. The number of rotatable bonds is 4. The van der Waals surface area contributed by atoms with Gasteiger partial charge in [0.25, 0.3) is 0 Å². The van der Waals surface area contributed by atoms with E-state index in [1.807, 2.05) is 18.4 Å². The van der Waals surface area contributed by atoms with Crippen molar-refractivity contribution < 1.29 is 9.18 Å². The maximum atomic E-state index is 13.5. The molecule has 1 amide bonds. The molecule has 2 heterocycles. The Morgan fingerprint density at radius 3 is 3.08 bits per heavy atom. The first-order chi connectivity index (χ1) is 11.1. The second kappa shape index (κ2) is 8.53. The summed E-state index contributed by atoms with van der Waals surface area (Å²) in [6, 6.07) is 6.56. The van der Waals surface area contributed by atoms with E-state index < -0.39 is 0 Å². The van der Waals surface area contributed by atoms with E-state index in [1.165, 1.54) is 23.5 Å². The monoisotopic (exact) mass is 370 g/mol. The molecular weight excluding hydrogens is 351 g/mol. The minimum Gasteiger partial charge on any atom is -0.314 e. The summed E-state index contributed by atoms with van der Waals surface area (Å²) in [6.07, 6.45) is 0. The van der Waals surface area contributed by atoms with Crippen LogP contribution in [-0.2, 0) is 4.79 Å². The molecule has 1 aliphatic heterocycles. The number of hydrogen-bond acceptors (Lipinski definition) is 5. The first-order valence-corrected chi connectivity index (χ1v) is 8.42. The third-order valence-electron chi connectivity index (χ3n) is 3.80. The fourth-order valence-corrected chi connectivity index (χ4v) is 3.44. The Morgan fingerprint density at radius 2 is 2.38 bits per heavy atom. The summed E-state index contributed by atoms with van der Waals surface area (Å²) in [4.78, 5) is 18.6. The molecule has 0 saturated carbocycles. The van der Waals surface area contributed by atoms with Crippen LogP contribution in [0.1, 0.15) is 17.3 Å². The van der Waals surface area contributed by atoms with Crippen LogP contribution in [-0.4, -0.2) is 42.0 Å². The van der Waals surface area contributed by atoms with Crippen molar-refractivity contribution in [2.75, 3.05) is 31.5 Å². The molecule has 0 aliphatic carbocycles. The Bertz CT molecular complexity index is 696. The molecule has 1 saturated heterocycles. The van der Waals surface area contributed by atoms with Crippen LogP contribution in [0.15, 0.2) is 29.6 Å². The number of amides is 1. The van der Waals surface area contributed by atoms with Crippen molar-refractivity contribution in [1.82, 2.24) is 15.2 Å². The molecule has 0 radical (unpaired) electrons. The first kappa shape index (κ1) is 18.8. The highest BCUT2D eigenvalue weighted by Gasteiger charge is 2.26. The van der Waals surface area contributed by atoms with Gasteiger partial charge in [0, 0.05) is 31.1 Å². The van der Waals surface area contributed by atoms with Crippen LogP contribution in [0.3, 0.4) is 0 Å². The average Bonchev–Trinajstić information content (AvgIpc) is 2.92. The van der Waals surface area contributed by atoms with Crippen molar-refractivity contribution in [2.45, 2.75) is 13.0 Å². The Balaban J connectivity index is 0.00000208. The zero-order chi connectivity index (χ0) is 16.2. The van der Waals surface area contributed by atoms with Crippen LogP contribution in [0.4, 0.5) is 9.52 Å². The highest BCUT2D eigenvalue weighted by atomic mass is 35.5. The van der Waals surface area contributed by atoms with Gasteiger partial charge in [-0.3, -0.25) is 9.69 Å². The lowest BCUT2D eigenvalue weighted by molar-refractivity contribution is -0.118. The third-order valence-corrected chi connectivity index (χ3v) is 4.68. The molecule has 0 spiro atoms. The van der Waals surface area contributed by atoms with Crippen LogP contribution >= 0.6 is 23.7 Å². The molecular formula is C16H20ClFN4OS. The number of halogens is 2. The van der Waals surface area contributed by atoms with Gasteiger partial charge in [-0.15, -0.1) is 23.7 Å². The molecule has 0 bridgehead atoms. The molecule has 1 aromatic carbocycles. The Kier molecular flexibility index (Phi) is 6.68. The molecule has 24 heavy (non-hydrogen) atoms. The smallest absolute Gasteiger partial charge is 0.240 e. The molecule has 8 heteroatoms. The van der Waals surface area contributed by atoms with Crippen LogP contribution < -0.4 is 10.6 Å². The topological polar surface area (TPSA) is 57.3 Å². The highest BCUT2D eigenvalue weighted by molar-refractivity contribution is 7.13. The molecule has 5 nitrogen and oxygen atoms in total. The number of aromatic nitrogens is 1. The predicted octanol–water partition coefficient (Wildman–Crippen LogP) is 2.60. The van der Waals surface area contributed by atoms with Crippen LogP contribution in [0.25, 0.3) is 0 Å².